The molecule has 2 heteroatoms. The van der Waals surface area contributed by atoms with E-state index in [0.717, 1.165) is 12.8 Å². The zero-order valence-corrected chi connectivity index (χ0v) is 44.9. The first kappa shape index (κ1) is 44.6. The summed E-state index contributed by atoms with van der Waals surface area (Å²) in [6.07, 6.45) is 9.04. The minimum Gasteiger partial charge on any atom is -0.307 e. The molecule has 4 heterocycles. The van der Waals surface area contributed by atoms with Gasteiger partial charge in [-0.2, -0.15) is 0 Å². The minimum absolute atomic E-state index is 0.603. The lowest BCUT2D eigenvalue weighted by Gasteiger charge is -2.34. The summed E-state index contributed by atoms with van der Waals surface area (Å²) in [4.78, 5) is 0. The van der Waals surface area contributed by atoms with Crippen LogP contribution in [0.2, 0.25) is 0 Å². The van der Waals surface area contributed by atoms with Crippen LogP contribution in [0.3, 0.4) is 0 Å². The van der Waals surface area contributed by atoms with Crippen LogP contribution in [0.25, 0.3) is 115 Å². The molecule has 380 valence electrons. The SMILES string of the molecule is C1=CCCC(c2c3c4c5c(cc6c7ccccc7n(c3c(-c3ccccc3)c3c7c8c(cc9c%10ccccc%10n(c23)c97)C(c2ccccc2)(c2ccccc2)c2ccccc2-8)c64)C(c2ccccc2)(c2ccccc2)c2ccccc2-5)=C1. The van der Waals surface area contributed by atoms with Crippen molar-refractivity contribution in [3.63, 3.8) is 0 Å². The Morgan fingerprint density at radius 1 is 0.305 bits per heavy atom. The maximum atomic E-state index is 2.74. The number of hydrogen-bond donors (Lipinski definition) is 0. The Balaban J connectivity index is 1.14. The second kappa shape index (κ2) is 16.2. The van der Waals surface area contributed by atoms with Crippen molar-refractivity contribution < 1.29 is 0 Å². The van der Waals surface area contributed by atoms with E-state index in [0.29, 0.717) is 0 Å². The first-order chi connectivity index (χ1) is 40.8. The fourth-order valence-corrected chi connectivity index (χ4v) is 16.7. The Kier molecular flexibility index (Phi) is 8.80. The molecule has 0 radical (unpaired) electrons. The van der Waals surface area contributed by atoms with Gasteiger partial charge in [0, 0.05) is 54.2 Å². The molecule has 0 unspecified atom stereocenters. The highest BCUT2D eigenvalue weighted by atomic mass is 14.9. The van der Waals surface area contributed by atoms with E-state index in [1.807, 2.05) is 0 Å². The Hall–Kier alpha value is -10.3. The van der Waals surface area contributed by atoms with Gasteiger partial charge >= 0.3 is 0 Å². The molecular formula is C80H50N2. The van der Waals surface area contributed by atoms with Gasteiger partial charge in [-0.3, -0.25) is 0 Å². The molecule has 0 amide bonds. The Morgan fingerprint density at radius 3 is 1.13 bits per heavy atom. The van der Waals surface area contributed by atoms with Crippen molar-refractivity contribution in [1.82, 2.24) is 8.80 Å². The summed E-state index contributed by atoms with van der Waals surface area (Å²) in [5.74, 6) is 0. The van der Waals surface area contributed by atoms with E-state index in [9.17, 15) is 0 Å². The molecule has 3 aliphatic carbocycles. The third kappa shape index (κ3) is 5.28. The monoisotopic (exact) mass is 1040 g/mol. The molecule has 0 aliphatic heterocycles. The quantitative estimate of drug-likeness (QED) is 0.157. The van der Waals surface area contributed by atoms with Crippen LogP contribution in [-0.2, 0) is 10.8 Å². The standard InChI is InChI=1S/C80H50N2/c1-7-27-49(28-8-1)67-71-73-69-57-41-19-23-43-61(57)79(51-31-11-3-12-32-51,52-33-13-4-14-34-52)63(69)47-59-56-40-22-26-46-66(56)82(75(59)73)78(71)68(50-29-9-2-10-30-50)72-74-70-58-42-20-24-44-62(58)80(53-35-15-5-16-36-53,54-37-17-6-18-38-54)64(70)48-60-55-39-21-25-45-65(55)81(76(60)74)77(67)72/h1-9,11-29,31-48H,10,30H2. The van der Waals surface area contributed by atoms with Gasteiger partial charge in [0.2, 0.25) is 0 Å². The second-order valence-corrected chi connectivity index (χ2v) is 23.1. The summed E-state index contributed by atoms with van der Waals surface area (Å²) in [7, 11) is 0. The number of para-hydroxylation sites is 2. The zero-order chi connectivity index (χ0) is 53.4. The molecule has 0 N–H and O–H groups in total. The summed E-state index contributed by atoms with van der Waals surface area (Å²) in [6, 6.07) is 99.4. The van der Waals surface area contributed by atoms with Crippen LogP contribution >= 0.6 is 0 Å². The molecule has 3 aliphatic rings. The summed E-state index contributed by atoms with van der Waals surface area (Å²) in [5.41, 5.74) is 27.2. The molecule has 0 fully saturated rings. The molecule has 19 rings (SSSR count). The number of hydrogen-bond acceptors (Lipinski definition) is 0. The Bertz CT molecular complexity index is 5320. The van der Waals surface area contributed by atoms with Gasteiger partial charge in [0.25, 0.3) is 0 Å². The predicted molar refractivity (Wildman–Crippen MR) is 342 cm³/mol. The van der Waals surface area contributed by atoms with Crippen molar-refractivity contribution in [2.75, 3.05) is 0 Å². The highest BCUT2D eigenvalue weighted by molar-refractivity contribution is 6.40. The van der Waals surface area contributed by atoms with E-state index in [-0.39, 0.29) is 0 Å². The molecular weight excluding hydrogens is 989 g/mol. The number of nitrogens with zero attached hydrogens (tertiary/aromatic N) is 2. The van der Waals surface area contributed by atoms with Crippen molar-refractivity contribution >= 4 is 81.8 Å². The van der Waals surface area contributed by atoms with Gasteiger partial charge in [-0.15, -0.1) is 0 Å². The van der Waals surface area contributed by atoms with E-state index in [2.05, 4.69) is 288 Å². The molecule has 2 nitrogen and oxygen atoms in total. The number of benzene rings is 12. The van der Waals surface area contributed by atoms with Crippen LogP contribution in [-0.4, -0.2) is 8.80 Å². The first-order valence-corrected chi connectivity index (χ1v) is 29.1. The van der Waals surface area contributed by atoms with E-state index >= 15 is 0 Å². The maximum absolute atomic E-state index is 2.74. The van der Waals surface area contributed by atoms with Crippen LogP contribution in [0, 0.1) is 0 Å². The van der Waals surface area contributed by atoms with Gasteiger partial charge in [0.15, 0.2) is 0 Å². The summed E-state index contributed by atoms with van der Waals surface area (Å²) >= 11 is 0. The van der Waals surface area contributed by atoms with Crippen LogP contribution in [0.4, 0.5) is 0 Å². The van der Waals surface area contributed by atoms with Crippen LogP contribution in [0.1, 0.15) is 62.9 Å². The average Bonchev–Trinajstić information content (AvgIpc) is 1.65. The molecule has 16 aromatic rings. The summed E-state index contributed by atoms with van der Waals surface area (Å²) in [6.45, 7) is 0. The van der Waals surface area contributed by atoms with Gasteiger partial charge in [-0.1, -0.05) is 255 Å². The first-order valence-electron chi connectivity index (χ1n) is 29.1. The lowest BCUT2D eigenvalue weighted by molar-refractivity contribution is 0.770. The smallest absolute Gasteiger partial charge is 0.0714 e. The van der Waals surface area contributed by atoms with E-state index in [1.54, 1.807) is 0 Å². The van der Waals surface area contributed by atoms with Gasteiger partial charge in [-0.25, -0.2) is 0 Å². The molecule has 0 saturated carbocycles. The van der Waals surface area contributed by atoms with Crippen molar-refractivity contribution in [3.8, 4) is 33.4 Å². The maximum Gasteiger partial charge on any atom is 0.0714 e. The van der Waals surface area contributed by atoms with Gasteiger partial charge in [0.1, 0.15) is 0 Å². The molecule has 82 heavy (non-hydrogen) atoms. The third-order valence-corrected chi connectivity index (χ3v) is 19.5. The van der Waals surface area contributed by atoms with Crippen molar-refractivity contribution in [3.05, 3.63) is 329 Å². The van der Waals surface area contributed by atoms with Gasteiger partial charge < -0.3 is 8.80 Å². The molecule has 12 aromatic carbocycles. The zero-order valence-electron chi connectivity index (χ0n) is 44.9. The number of rotatable bonds is 6. The van der Waals surface area contributed by atoms with Gasteiger partial charge in [0.05, 0.1) is 43.9 Å². The van der Waals surface area contributed by atoms with Crippen LogP contribution < -0.4 is 0 Å². The number of aromatic nitrogens is 2. The van der Waals surface area contributed by atoms with E-state index in [1.165, 1.54) is 165 Å². The van der Waals surface area contributed by atoms with Crippen LogP contribution in [0.5, 0.6) is 0 Å². The number of fused-ring (bicyclic) bond motifs is 20. The second-order valence-electron chi connectivity index (χ2n) is 23.1. The predicted octanol–water partition coefficient (Wildman–Crippen LogP) is 20.1. The normalized spacial score (nSPS) is 15.0. The largest absolute Gasteiger partial charge is 0.307 e. The fraction of sp³-hybridized carbons (Fsp3) is 0.0500. The third-order valence-electron chi connectivity index (χ3n) is 19.5. The molecule has 0 spiro atoms. The van der Waals surface area contributed by atoms with E-state index in [4.69, 9.17) is 0 Å². The topological polar surface area (TPSA) is 8.82 Å². The lowest BCUT2D eigenvalue weighted by Crippen LogP contribution is -2.28. The summed E-state index contributed by atoms with van der Waals surface area (Å²) in [5, 5.41) is 10.4. The minimum atomic E-state index is -0.606. The molecule has 4 aromatic heterocycles. The highest BCUT2D eigenvalue weighted by Gasteiger charge is 2.50. The van der Waals surface area contributed by atoms with Crippen molar-refractivity contribution in [2.24, 2.45) is 0 Å². The average molecular weight is 1040 g/mol. The van der Waals surface area contributed by atoms with E-state index < -0.39 is 10.8 Å². The Morgan fingerprint density at radius 2 is 0.683 bits per heavy atom. The van der Waals surface area contributed by atoms with Crippen molar-refractivity contribution in [1.29, 1.82) is 0 Å². The number of allylic oxidation sites excluding steroid dienone is 4. The molecule has 0 bridgehead atoms. The van der Waals surface area contributed by atoms with Crippen LogP contribution in [0.15, 0.2) is 279 Å². The Labute approximate surface area is 474 Å². The molecule has 0 saturated heterocycles. The molecule has 0 atom stereocenters. The van der Waals surface area contributed by atoms with Crippen molar-refractivity contribution in [2.45, 2.75) is 23.7 Å². The summed E-state index contributed by atoms with van der Waals surface area (Å²) < 4.78 is 5.47. The fourth-order valence-electron chi connectivity index (χ4n) is 16.7. The lowest BCUT2D eigenvalue weighted by atomic mass is 9.67. The highest BCUT2D eigenvalue weighted by Crippen LogP contribution is 2.65. The van der Waals surface area contributed by atoms with Gasteiger partial charge in [-0.05, 0) is 115 Å².